The first kappa shape index (κ1) is 18.0. The summed E-state index contributed by atoms with van der Waals surface area (Å²) >= 11 is 0. The molecule has 2 N–H and O–H groups in total. The summed E-state index contributed by atoms with van der Waals surface area (Å²) in [6, 6.07) is 5.49. The first-order valence-electron chi connectivity index (χ1n) is 7.67. The first-order valence-corrected chi connectivity index (χ1v) is 7.67. The van der Waals surface area contributed by atoms with Crippen LogP contribution in [0.4, 0.5) is 0 Å². The zero-order valence-electron chi connectivity index (χ0n) is 14.0. The van der Waals surface area contributed by atoms with Crippen molar-refractivity contribution in [1.82, 2.24) is 10.6 Å². The number of nitrogens with one attached hydrogen (secondary N) is 2. The number of aryl methyl sites for hydroxylation is 1. The van der Waals surface area contributed by atoms with Crippen LogP contribution in [0.2, 0.25) is 0 Å². The smallest absolute Gasteiger partial charge is 0.309 e. The van der Waals surface area contributed by atoms with Gasteiger partial charge < -0.3 is 15.4 Å². The number of hydrogen-bond donors (Lipinski definition) is 2. The Morgan fingerprint density at radius 2 is 1.86 bits per heavy atom. The molecule has 1 rings (SSSR count). The van der Waals surface area contributed by atoms with Gasteiger partial charge in [-0.25, -0.2) is 0 Å². The summed E-state index contributed by atoms with van der Waals surface area (Å²) in [6.45, 7) is 10.7. The molecule has 0 spiro atoms. The van der Waals surface area contributed by atoms with E-state index in [4.69, 9.17) is 4.74 Å². The predicted molar refractivity (Wildman–Crippen MR) is 86.8 cm³/mol. The molecule has 5 nitrogen and oxygen atoms in total. The van der Waals surface area contributed by atoms with E-state index >= 15 is 0 Å². The van der Waals surface area contributed by atoms with Crippen molar-refractivity contribution in [3.05, 3.63) is 29.3 Å². The van der Waals surface area contributed by atoms with Gasteiger partial charge in [-0.15, -0.1) is 0 Å². The molecule has 0 aliphatic heterocycles. The lowest BCUT2D eigenvalue weighted by Gasteiger charge is -2.18. The molecule has 1 atom stereocenters. The maximum absolute atomic E-state index is 11.9. The molecule has 1 aromatic rings. The number of ether oxygens (including phenoxy) is 1. The van der Waals surface area contributed by atoms with Gasteiger partial charge in [0, 0.05) is 12.1 Å². The molecule has 1 unspecified atom stereocenters. The van der Waals surface area contributed by atoms with E-state index in [-0.39, 0.29) is 6.04 Å². The van der Waals surface area contributed by atoms with Crippen LogP contribution in [0.5, 0.6) is 5.75 Å². The Kier molecular flexibility index (Phi) is 6.89. The van der Waals surface area contributed by atoms with E-state index in [2.05, 4.69) is 10.6 Å². The SMILES string of the molecule is CCOc1ccc(C)cc1C(C)NC(=O)C(=O)NCC(C)C. The predicted octanol–water partition coefficient (Wildman–Crippen LogP) is 2.34. The average Bonchev–Trinajstić information content (AvgIpc) is 2.46. The molecule has 0 bridgehead atoms. The summed E-state index contributed by atoms with van der Waals surface area (Å²) in [5, 5.41) is 5.32. The van der Waals surface area contributed by atoms with Crippen LogP contribution in [-0.2, 0) is 9.59 Å². The Balaban J connectivity index is 2.75. The lowest BCUT2D eigenvalue weighted by Crippen LogP contribution is -2.42. The molecule has 2 amide bonds. The second-order valence-corrected chi connectivity index (χ2v) is 5.77. The van der Waals surface area contributed by atoms with Gasteiger partial charge in [0.25, 0.3) is 0 Å². The number of benzene rings is 1. The van der Waals surface area contributed by atoms with E-state index in [1.807, 2.05) is 52.8 Å². The summed E-state index contributed by atoms with van der Waals surface area (Å²) in [4.78, 5) is 23.7. The van der Waals surface area contributed by atoms with E-state index < -0.39 is 11.8 Å². The van der Waals surface area contributed by atoms with E-state index in [0.29, 0.717) is 19.1 Å². The van der Waals surface area contributed by atoms with Gasteiger partial charge in [0.05, 0.1) is 12.6 Å². The first-order chi connectivity index (χ1) is 10.3. The van der Waals surface area contributed by atoms with Gasteiger partial charge in [-0.3, -0.25) is 9.59 Å². The van der Waals surface area contributed by atoms with Crippen LogP contribution in [0.1, 0.15) is 44.9 Å². The van der Waals surface area contributed by atoms with Crippen molar-refractivity contribution in [2.75, 3.05) is 13.2 Å². The van der Waals surface area contributed by atoms with Gasteiger partial charge in [0.2, 0.25) is 0 Å². The molecular formula is C17H26N2O3. The number of amides is 2. The molecule has 0 aromatic heterocycles. The fraction of sp³-hybridized carbons (Fsp3) is 0.529. The highest BCUT2D eigenvalue weighted by molar-refractivity contribution is 6.35. The van der Waals surface area contributed by atoms with Gasteiger partial charge >= 0.3 is 11.8 Å². The minimum atomic E-state index is -0.628. The minimum absolute atomic E-state index is 0.301. The maximum atomic E-state index is 11.9. The second-order valence-electron chi connectivity index (χ2n) is 5.77. The van der Waals surface area contributed by atoms with Crippen LogP contribution in [0.15, 0.2) is 18.2 Å². The van der Waals surface area contributed by atoms with E-state index in [1.54, 1.807) is 0 Å². The Labute approximate surface area is 132 Å². The highest BCUT2D eigenvalue weighted by atomic mass is 16.5. The standard InChI is InChI=1S/C17H26N2O3/c1-6-22-15-8-7-12(4)9-14(15)13(5)19-17(21)16(20)18-10-11(2)3/h7-9,11,13H,6,10H2,1-5H3,(H,18,20)(H,19,21). The van der Waals surface area contributed by atoms with Crippen molar-refractivity contribution in [1.29, 1.82) is 0 Å². The van der Waals surface area contributed by atoms with Crippen LogP contribution in [0.25, 0.3) is 0 Å². The third-order valence-corrected chi connectivity index (χ3v) is 3.16. The van der Waals surface area contributed by atoms with Crippen molar-refractivity contribution < 1.29 is 14.3 Å². The number of carbonyl (C=O) groups excluding carboxylic acids is 2. The minimum Gasteiger partial charge on any atom is -0.494 e. The van der Waals surface area contributed by atoms with E-state index in [1.165, 1.54) is 0 Å². The Bertz CT molecular complexity index is 527. The zero-order chi connectivity index (χ0) is 16.7. The average molecular weight is 306 g/mol. The van der Waals surface area contributed by atoms with Crippen LogP contribution in [-0.4, -0.2) is 25.0 Å². The molecule has 0 radical (unpaired) electrons. The quantitative estimate of drug-likeness (QED) is 0.793. The number of carbonyl (C=O) groups is 2. The van der Waals surface area contributed by atoms with Crippen molar-refractivity contribution >= 4 is 11.8 Å². The van der Waals surface area contributed by atoms with E-state index in [9.17, 15) is 9.59 Å². The lowest BCUT2D eigenvalue weighted by atomic mass is 10.0. The van der Waals surface area contributed by atoms with Crippen LogP contribution >= 0.6 is 0 Å². The molecule has 0 aliphatic rings. The van der Waals surface area contributed by atoms with Crippen LogP contribution < -0.4 is 15.4 Å². The van der Waals surface area contributed by atoms with Gasteiger partial charge in [0.1, 0.15) is 5.75 Å². The van der Waals surface area contributed by atoms with Gasteiger partial charge in [0.15, 0.2) is 0 Å². The molecule has 0 heterocycles. The Morgan fingerprint density at radius 3 is 2.45 bits per heavy atom. The molecule has 1 aromatic carbocycles. The Morgan fingerprint density at radius 1 is 1.18 bits per heavy atom. The fourth-order valence-electron chi connectivity index (χ4n) is 2.01. The normalized spacial score (nSPS) is 11.9. The topological polar surface area (TPSA) is 67.4 Å². The number of rotatable bonds is 6. The third kappa shape index (κ3) is 5.39. The summed E-state index contributed by atoms with van der Waals surface area (Å²) in [5.41, 5.74) is 1.94. The fourth-order valence-corrected chi connectivity index (χ4v) is 2.01. The zero-order valence-corrected chi connectivity index (χ0v) is 14.0. The highest BCUT2D eigenvalue weighted by Gasteiger charge is 2.19. The van der Waals surface area contributed by atoms with Gasteiger partial charge in [-0.2, -0.15) is 0 Å². The van der Waals surface area contributed by atoms with Crippen molar-refractivity contribution in [2.24, 2.45) is 5.92 Å². The van der Waals surface area contributed by atoms with Crippen LogP contribution in [0.3, 0.4) is 0 Å². The maximum Gasteiger partial charge on any atom is 0.309 e. The lowest BCUT2D eigenvalue weighted by molar-refractivity contribution is -0.139. The van der Waals surface area contributed by atoms with Gasteiger partial charge in [-0.1, -0.05) is 31.5 Å². The van der Waals surface area contributed by atoms with Crippen molar-refractivity contribution in [2.45, 2.75) is 40.7 Å². The number of hydrogen-bond acceptors (Lipinski definition) is 3. The molecule has 122 valence electrons. The molecule has 5 heteroatoms. The summed E-state index contributed by atoms with van der Waals surface area (Å²) in [6.07, 6.45) is 0. The second kappa shape index (κ2) is 8.41. The van der Waals surface area contributed by atoms with E-state index in [0.717, 1.165) is 16.9 Å². The summed E-state index contributed by atoms with van der Waals surface area (Å²) in [7, 11) is 0. The molecule has 22 heavy (non-hydrogen) atoms. The summed E-state index contributed by atoms with van der Waals surface area (Å²) in [5.74, 6) is -0.206. The molecule has 0 aliphatic carbocycles. The largest absolute Gasteiger partial charge is 0.494 e. The summed E-state index contributed by atoms with van der Waals surface area (Å²) < 4.78 is 5.58. The molecule has 0 fully saturated rings. The van der Waals surface area contributed by atoms with Crippen molar-refractivity contribution in [3.63, 3.8) is 0 Å². The highest BCUT2D eigenvalue weighted by Crippen LogP contribution is 2.26. The third-order valence-electron chi connectivity index (χ3n) is 3.16. The monoisotopic (exact) mass is 306 g/mol. The molecular weight excluding hydrogens is 280 g/mol. The molecule has 0 saturated heterocycles. The Hall–Kier alpha value is -2.04. The molecule has 0 saturated carbocycles. The van der Waals surface area contributed by atoms with Crippen LogP contribution in [0, 0.1) is 12.8 Å². The van der Waals surface area contributed by atoms with Crippen molar-refractivity contribution in [3.8, 4) is 5.75 Å². The van der Waals surface area contributed by atoms with Gasteiger partial charge in [-0.05, 0) is 32.8 Å².